The van der Waals surface area contributed by atoms with Crippen molar-refractivity contribution in [3.05, 3.63) is 54.2 Å². The molecule has 0 saturated heterocycles. The van der Waals surface area contributed by atoms with Crippen molar-refractivity contribution in [1.29, 1.82) is 0 Å². The van der Waals surface area contributed by atoms with Gasteiger partial charge in [-0.2, -0.15) is 4.98 Å². The first-order chi connectivity index (χ1) is 15.1. The quantitative estimate of drug-likeness (QED) is 0.478. The topological polar surface area (TPSA) is 125 Å². The van der Waals surface area contributed by atoms with Crippen LogP contribution in [-0.4, -0.2) is 40.5 Å². The summed E-state index contributed by atoms with van der Waals surface area (Å²) in [5.41, 5.74) is 1.96. The molecule has 2 heterocycles. The van der Waals surface area contributed by atoms with Gasteiger partial charge in [-0.1, -0.05) is 11.2 Å². The zero-order valence-electron chi connectivity index (χ0n) is 17.1. The molecule has 1 N–H and O–H groups in total. The molecule has 0 unspecified atom stereocenters. The minimum absolute atomic E-state index is 0.0552. The van der Waals surface area contributed by atoms with E-state index < -0.39 is 0 Å². The van der Waals surface area contributed by atoms with E-state index in [2.05, 4.69) is 25.7 Å². The summed E-state index contributed by atoms with van der Waals surface area (Å²) in [6.45, 7) is 1.72. The summed E-state index contributed by atoms with van der Waals surface area (Å²) in [5.74, 6) is 2.20. The van der Waals surface area contributed by atoms with Crippen molar-refractivity contribution in [3.63, 3.8) is 0 Å². The lowest BCUT2D eigenvalue weighted by atomic mass is 10.1. The number of amides is 1. The standard InChI is InChI=1S/C21H19N5O5/c1-12-24-25-21(30-12)14-6-4-5-13(9-14)20-23-18(26-31-20)11-19(27)22-15-7-8-16(28-2)17(10-15)29-3/h4-10H,11H2,1-3H3,(H,22,27). The maximum Gasteiger partial charge on any atom is 0.257 e. The number of nitrogens with one attached hydrogen (secondary N) is 1. The van der Waals surface area contributed by atoms with Crippen molar-refractivity contribution >= 4 is 11.6 Å². The van der Waals surface area contributed by atoms with Gasteiger partial charge in [0.05, 0.1) is 20.6 Å². The summed E-state index contributed by atoms with van der Waals surface area (Å²) in [5, 5.41) is 14.5. The molecule has 0 radical (unpaired) electrons. The first-order valence-corrected chi connectivity index (χ1v) is 9.31. The summed E-state index contributed by atoms with van der Waals surface area (Å²) >= 11 is 0. The van der Waals surface area contributed by atoms with Crippen LogP contribution >= 0.6 is 0 Å². The van der Waals surface area contributed by atoms with Gasteiger partial charge >= 0.3 is 0 Å². The highest BCUT2D eigenvalue weighted by molar-refractivity contribution is 5.92. The van der Waals surface area contributed by atoms with Gasteiger partial charge in [0.2, 0.25) is 17.7 Å². The highest BCUT2D eigenvalue weighted by Crippen LogP contribution is 2.30. The van der Waals surface area contributed by atoms with Crippen LogP contribution in [0.1, 0.15) is 11.7 Å². The molecule has 0 aliphatic carbocycles. The number of methoxy groups -OCH3 is 2. The number of ether oxygens (including phenoxy) is 2. The zero-order valence-corrected chi connectivity index (χ0v) is 17.1. The Balaban J connectivity index is 1.45. The number of benzene rings is 2. The number of rotatable bonds is 7. The second kappa shape index (κ2) is 8.66. The van der Waals surface area contributed by atoms with Gasteiger partial charge in [0.15, 0.2) is 17.3 Å². The molecule has 0 spiro atoms. The Hall–Kier alpha value is -4.21. The fourth-order valence-electron chi connectivity index (χ4n) is 2.90. The van der Waals surface area contributed by atoms with Gasteiger partial charge in [-0.05, 0) is 30.3 Å². The molecule has 0 aliphatic rings. The fourth-order valence-corrected chi connectivity index (χ4v) is 2.90. The van der Waals surface area contributed by atoms with Crippen LogP contribution < -0.4 is 14.8 Å². The Labute approximate surface area is 177 Å². The van der Waals surface area contributed by atoms with Gasteiger partial charge in [0.1, 0.15) is 0 Å². The average molecular weight is 421 g/mol. The van der Waals surface area contributed by atoms with E-state index in [0.29, 0.717) is 34.5 Å². The third-order valence-electron chi connectivity index (χ3n) is 4.34. The number of carbonyl (C=O) groups is 1. The van der Waals surface area contributed by atoms with Gasteiger partial charge < -0.3 is 23.7 Å². The zero-order chi connectivity index (χ0) is 21.8. The highest BCUT2D eigenvalue weighted by atomic mass is 16.5. The van der Waals surface area contributed by atoms with E-state index in [0.717, 1.165) is 5.56 Å². The van der Waals surface area contributed by atoms with E-state index in [9.17, 15) is 4.79 Å². The number of hydrogen-bond donors (Lipinski definition) is 1. The second-order valence-electron chi connectivity index (χ2n) is 6.52. The lowest BCUT2D eigenvalue weighted by molar-refractivity contribution is -0.115. The van der Waals surface area contributed by atoms with Crippen LogP contribution in [0.2, 0.25) is 0 Å². The Morgan fingerprint density at radius 3 is 2.48 bits per heavy atom. The molecule has 31 heavy (non-hydrogen) atoms. The number of aromatic nitrogens is 4. The van der Waals surface area contributed by atoms with Crippen LogP contribution in [-0.2, 0) is 11.2 Å². The molecular weight excluding hydrogens is 402 g/mol. The first-order valence-electron chi connectivity index (χ1n) is 9.31. The number of nitrogens with zero attached hydrogens (tertiary/aromatic N) is 4. The minimum atomic E-state index is -0.297. The summed E-state index contributed by atoms with van der Waals surface area (Å²) in [6, 6.07) is 12.4. The third-order valence-corrected chi connectivity index (χ3v) is 4.34. The van der Waals surface area contributed by atoms with Crippen LogP contribution in [0.25, 0.3) is 22.9 Å². The lowest BCUT2D eigenvalue weighted by Gasteiger charge is -2.10. The number of aryl methyl sites for hydroxylation is 1. The van der Waals surface area contributed by atoms with Gasteiger partial charge in [-0.15, -0.1) is 10.2 Å². The molecule has 0 aliphatic heterocycles. The normalized spacial score (nSPS) is 10.7. The summed E-state index contributed by atoms with van der Waals surface area (Å²) in [7, 11) is 3.07. The Bertz CT molecular complexity index is 1220. The van der Waals surface area contributed by atoms with E-state index in [-0.39, 0.29) is 24.0 Å². The summed E-state index contributed by atoms with van der Waals surface area (Å²) in [6.07, 6.45) is -0.0552. The first kappa shape index (κ1) is 20.1. The van der Waals surface area contributed by atoms with Crippen LogP contribution in [0.15, 0.2) is 51.4 Å². The van der Waals surface area contributed by atoms with Crippen LogP contribution in [0.5, 0.6) is 11.5 Å². The van der Waals surface area contributed by atoms with Gasteiger partial charge in [0.25, 0.3) is 5.89 Å². The molecule has 2 aromatic heterocycles. The van der Waals surface area contributed by atoms with E-state index in [1.807, 2.05) is 18.2 Å². The molecule has 10 nitrogen and oxygen atoms in total. The van der Waals surface area contributed by atoms with Gasteiger partial charge in [0, 0.05) is 29.8 Å². The molecule has 4 aromatic rings. The van der Waals surface area contributed by atoms with E-state index >= 15 is 0 Å². The molecule has 0 saturated carbocycles. The van der Waals surface area contributed by atoms with Gasteiger partial charge in [-0.3, -0.25) is 4.79 Å². The average Bonchev–Trinajstić information content (AvgIpc) is 3.43. The summed E-state index contributed by atoms with van der Waals surface area (Å²) < 4.78 is 21.2. The van der Waals surface area contributed by atoms with Crippen molar-refractivity contribution in [1.82, 2.24) is 20.3 Å². The Morgan fingerprint density at radius 1 is 1.00 bits per heavy atom. The third kappa shape index (κ3) is 4.53. The predicted octanol–water partition coefficient (Wildman–Crippen LogP) is 3.29. The van der Waals surface area contributed by atoms with Crippen molar-refractivity contribution < 1.29 is 23.2 Å². The molecule has 2 aromatic carbocycles. The molecule has 158 valence electrons. The molecule has 0 fully saturated rings. The molecule has 0 atom stereocenters. The maximum absolute atomic E-state index is 12.4. The van der Waals surface area contributed by atoms with Crippen molar-refractivity contribution in [2.24, 2.45) is 0 Å². The van der Waals surface area contributed by atoms with Crippen molar-refractivity contribution in [2.75, 3.05) is 19.5 Å². The summed E-state index contributed by atoms with van der Waals surface area (Å²) in [4.78, 5) is 16.7. The van der Waals surface area contributed by atoms with Crippen molar-refractivity contribution in [2.45, 2.75) is 13.3 Å². The van der Waals surface area contributed by atoms with Crippen LogP contribution in [0, 0.1) is 6.92 Å². The highest BCUT2D eigenvalue weighted by Gasteiger charge is 2.15. The van der Waals surface area contributed by atoms with E-state index in [4.69, 9.17) is 18.4 Å². The number of hydrogen-bond acceptors (Lipinski definition) is 9. The number of carbonyl (C=O) groups excluding carboxylic acids is 1. The monoisotopic (exact) mass is 421 g/mol. The second-order valence-corrected chi connectivity index (χ2v) is 6.52. The number of anilines is 1. The van der Waals surface area contributed by atoms with Crippen molar-refractivity contribution in [3.8, 4) is 34.4 Å². The van der Waals surface area contributed by atoms with Crippen LogP contribution in [0.3, 0.4) is 0 Å². The molecule has 10 heteroatoms. The SMILES string of the molecule is COc1ccc(NC(=O)Cc2noc(-c3cccc(-c4nnc(C)o4)c3)n2)cc1OC. The molecule has 4 rings (SSSR count). The van der Waals surface area contributed by atoms with Crippen LogP contribution in [0.4, 0.5) is 5.69 Å². The largest absolute Gasteiger partial charge is 0.493 e. The smallest absolute Gasteiger partial charge is 0.257 e. The molecule has 0 bridgehead atoms. The van der Waals surface area contributed by atoms with E-state index in [1.165, 1.54) is 7.11 Å². The Morgan fingerprint density at radius 2 is 1.77 bits per heavy atom. The fraction of sp³-hybridized carbons (Fsp3) is 0.190. The molecular formula is C21H19N5O5. The molecule has 1 amide bonds. The predicted molar refractivity (Wildman–Crippen MR) is 110 cm³/mol. The van der Waals surface area contributed by atoms with E-state index in [1.54, 1.807) is 38.3 Å². The minimum Gasteiger partial charge on any atom is -0.493 e. The maximum atomic E-state index is 12.4. The lowest BCUT2D eigenvalue weighted by Crippen LogP contribution is -2.15. The van der Waals surface area contributed by atoms with Gasteiger partial charge in [-0.25, -0.2) is 0 Å². The Kier molecular flexibility index (Phi) is 5.61.